The van der Waals surface area contributed by atoms with Gasteiger partial charge in [-0.2, -0.15) is 0 Å². The van der Waals surface area contributed by atoms with Crippen LogP contribution in [0.5, 0.6) is 5.75 Å². The van der Waals surface area contributed by atoms with Crippen molar-refractivity contribution in [3.8, 4) is 5.75 Å². The molecule has 1 aromatic heterocycles. The third kappa shape index (κ3) is 4.67. The molecular formula is C22H27N3O2. The summed E-state index contributed by atoms with van der Waals surface area (Å²) in [5.74, 6) is 1.95. The van der Waals surface area contributed by atoms with Gasteiger partial charge in [0, 0.05) is 19.4 Å². The average molecular weight is 365 g/mol. The van der Waals surface area contributed by atoms with Crippen LogP contribution in [0, 0.1) is 13.8 Å². The Kier molecular flexibility index (Phi) is 6.12. The van der Waals surface area contributed by atoms with Crippen LogP contribution in [0.4, 0.5) is 0 Å². The molecule has 1 N–H and O–H groups in total. The van der Waals surface area contributed by atoms with Crippen molar-refractivity contribution in [3.63, 3.8) is 0 Å². The van der Waals surface area contributed by atoms with Crippen molar-refractivity contribution >= 4 is 16.9 Å². The highest BCUT2D eigenvalue weighted by Crippen LogP contribution is 2.20. The van der Waals surface area contributed by atoms with Crippen LogP contribution in [0.1, 0.15) is 30.3 Å². The lowest BCUT2D eigenvalue weighted by atomic mass is 10.1. The van der Waals surface area contributed by atoms with Gasteiger partial charge in [0.05, 0.1) is 17.6 Å². The van der Waals surface area contributed by atoms with Gasteiger partial charge in [-0.15, -0.1) is 0 Å². The Morgan fingerprint density at radius 2 is 2.00 bits per heavy atom. The Morgan fingerprint density at radius 3 is 2.78 bits per heavy atom. The van der Waals surface area contributed by atoms with E-state index in [-0.39, 0.29) is 5.91 Å². The topological polar surface area (TPSA) is 56.2 Å². The van der Waals surface area contributed by atoms with Gasteiger partial charge in [0.2, 0.25) is 5.91 Å². The summed E-state index contributed by atoms with van der Waals surface area (Å²) in [6.45, 7) is 7.88. The minimum atomic E-state index is 0.0656. The summed E-state index contributed by atoms with van der Waals surface area (Å²) in [6.07, 6.45) is 1.20. The minimum absolute atomic E-state index is 0.0656. The first-order valence-corrected chi connectivity index (χ1v) is 9.49. The van der Waals surface area contributed by atoms with E-state index < -0.39 is 0 Å². The summed E-state index contributed by atoms with van der Waals surface area (Å²) >= 11 is 0. The lowest BCUT2D eigenvalue weighted by Gasteiger charge is -2.13. The van der Waals surface area contributed by atoms with Crippen molar-refractivity contribution < 1.29 is 9.53 Å². The molecule has 0 saturated carbocycles. The highest BCUT2D eigenvalue weighted by molar-refractivity contribution is 5.76. The monoisotopic (exact) mass is 365 g/mol. The zero-order valence-corrected chi connectivity index (χ0v) is 16.3. The Labute approximate surface area is 160 Å². The minimum Gasteiger partial charge on any atom is -0.491 e. The maximum atomic E-state index is 11.5. The van der Waals surface area contributed by atoms with E-state index >= 15 is 0 Å². The third-order valence-electron chi connectivity index (χ3n) is 4.63. The van der Waals surface area contributed by atoms with E-state index in [2.05, 4.69) is 41.9 Å². The highest BCUT2D eigenvalue weighted by atomic mass is 16.5. The molecule has 3 aromatic rings. The SMILES string of the molecule is CCC(=O)NCCc1nc2ccccc2n1CCOc1ccc(C)cc1C. The van der Waals surface area contributed by atoms with E-state index in [0.29, 0.717) is 32.5 Å². The van der Waals surface area contributed by atoms with E-state index in [1.165, 1.54) is 5.56 Å². The number of nitrogens with one attached hydrogen (secondary N) is 1. The van der Waals surface area contributed by atoms with E-state index in [4.69, 9.17) is 9.72 Å². The number of fused-ring (bicyclic) bond motifs is 1. The molecule has 0 unspecified atom stereocenters. The fourth-order valence-corrected chi connectivity index (χ4v) is 3.21. The van der Waals surface area contributed by atoms with Gasteiger partial charge in [-0.1, -0.05) is 36.8 Å². The molecule has 0 atom stereocenters. The van der Waals surface area contributed by atoms with Crippen molar-refractivity contribution in [2.75, 3.05) is 13.2 Å². The summed E-state index contributed by atoms with van der Waals surface area (Å²) in [5.41, 5.74) is 4.45. The van der Waals surface area contributed by atoms with Crippen molar-refractivity contribution in [2.45, 2.75) is 40.2 Å². The molecule has 1 amide bonds. The molecule has 2 aromatic carbocycles. The molecule has 0 radical (unpaired) electrons. The fraction of sp³-hybridized carbons (Fsp3) is 0.364. The molecule has 0 bridgehead atoms. The number of amides is 1. The first-order chi connectivity index (χ1) is 13.1. The molecule has 0 fully saturated rings. The number of imidazole rings is 1. The highest BCUT2D eigenvalue weighted by Gasteiger charge is 2.11. The molecule has 3 rings (SSSR count). The number of para-hydroxylation sites is 2. The number of hydrogen-bond donors (Lipinski definition) is 1. The van der Waals surface area contributed by atoms with Gasteiger partial charge in [-0.25, -0.2) is 4.98 Å². The zero-order chi connectivity index (χ0) is 19.2. The number of aryl methyl sites for hydroxylation is 2. The summed E-state index contributed by atoms with van der Waals surface area (Å²) in [5, 5.41) is 2.92. The van der Waals surface area contributed by atoms with E-state index in [0.717, 1.165) is 28.2 Å². The second-order valence-corrected chi connectivity index (χ2v) is 6.74. The fourth-order valence-electron chi connectivity index (χ4n) is 3.21. The van der Waals surface area contributed by atoms with Gasteiger partial charge >= 0.3 is 0 Å². The van der Waals surface area contributed by atoms with Crippen LogP contribution < -0.4 is 10.1 Å². The van der Waals surface area contributed by atoms with Crippen LogP contribution in [0.15, 0.2) is 42.5 Å². The number of hydrogen-bond acceptors (Lipinski definition) is 3. The Morgan fingerprint density at radius 1 is 1.19 bits per heavy atom. The average Bonchev–Trinajstić information content (AvgIpc) is 3.01. The molecule has 0 aliphatic rings. The van der Waals surface area contributed by atoms with Gasteiger partial charge in [0.1, 0.15) is 18.2 Å². The molecule has 0 spiro atoms. The smallest absolute Gasteiger partial charge is 0.219 e. The van der Waals surface area contributed by atoms with Crippen molar-refractivity contribution in [1.82, 2.24) is 14.9 Å². The normalized spacial score (nSPS) is 10.9. The van der Waals surface area contributed by atoms with E-state index in [1.54, 1.807) is 0 Å². The first-order valence-electron chi connectivity index (χ1n) is 9.49. The summed E-state index contributed by atoms with van der Waals surface area (Å²) in [4.78, 5) is 16.2. The Bertz CT molecular complexity index is 930. The zero-order valence-electron chi connectivity index (χ0n) is 16.3. The van der Waals surface area contributed by atoms with Crippen LogP contribution >= 0.6 is 0 Å². The quantitative estimate of drug-likeness (QED) is 0.661. The van der Waals surface area contributed by atoms with Gasteiger partial charge in [0.25, 0.3) is 0 Å². The van der Waals surface area contributed by atoms with E-state index in [9.17, 15) is 4.79 Å². The third-order valence-corrected chi connectivity index (χ3v) is 4.63. The molecular weight excluding hydrogens is 338 g/mol. The summed E-state index contributed by atoms with van der Waals surface area (Å²) in [6, 6.07) is 14.3. The molecule has 1 heterocycles. The Balaban J connectivity index is 1.71. The molecule has 142 valence electrons. The van der Waals surface area contributed by atoms with Crippen molar-refractivity contribution in [3.05, 3.63) is 59.4 Å². The largest absolute Gasteiger partial charge is 0.491 e. The number of carbonyl (C=O) groups excluding carboxylic acids is 1. The Hall–Kier alpha value is -2.82. The number of carbonyl (C=O) groups is 1. The van der Waals surface area contributed by atoms with Gasteiger partial charge in [-0.05, 0) is 37.6 Å². The lowest BCUT2D eigenvalue weighted by Crippen LogP contribution is -2.25. The maximum Gasteiger partial charge on any atom is 0.219 e. The standard InChI is InChI=1S/C22H27N3O2/c1-4-22(26)23-12-11-21-24-18-7-5-6-8-19(18)25(21)13-14-27-20-10-9-16(2)15-17(20)3/h5-10,15H,4,11-14H2,1-3H3,(H,23,26). The van der Waals surface area contributed by atoms with Crippen LogP contribution in [0.25, 0.3) is 11.0 Å². The first kappa shape index (κ1) is 19.0. The second kappa shape index (κ2) is 8.71. The molecule has 0 saturated heterocycles. The lowest BCUT2D eigenvalue weighted by molar-refractivity contribution is -0.120. The van der Waals surface area contributed by atoms with Gasteiger partial charge < -0.3 is 14.6 Å². The number of ether oxygens (including phenoxy) is 1. The summed E-state index contributed by atoms with van der Waals surface area (Å²) < 4.78 is 8.20. The molecule has 5 nitrogen and oxygen atoms in total. The van der Waals surface area contributed by atoms with E-state index in [1.807, 2.05) is 31.2 Å². The molecule has 0 aliphatic heterocycles. The number of rotatable bonds is 8. The number of nitrogens with zero attached hydrogens (tertiary/aromatic N) is 2. The van der Waals surface area contributed by atoms with Gasteiger partial charge in [0.15, 0.2) is 0 Å². The van der Waals surface area contributed by atoms with Crippen LogP contribution in [-0.4, -0.2) is 28.6 Å². The number of benzene rings is 2. The molecule has 27 heavy (non-hydrogen) atoms. The van der Waals surface area contributed by atoms with Crippen LogP contribution in [0.3, 0.4) is 0 Å². The predicted molar refractivity (Wildman–Crippen MR) is 108 cm³/mol. The van der Waals surface area contributed by atoms with Crippen molar-refractivity contribution in [1.29, 1.82) is 0 Å². The second-order valence-electron chi connectivity index (χ2n) is 6.74. The maximum absolute atomic E-state index is 11.5. The van der Waals surface area contributed by atoms with Crippen LogP contribution in [-0.2, 0) is 17.8 Å². The molecule has 5 heteroatoms. The summed E-state index contributed by atoms with van der Waals surface area (Å²) in [7, 11) is 0. The van der Waals surface area contributed by atoms with Crippen molar-refractivity contribution in [2.24, 2.45) is 0 Å². The molecule has 0 aliphatic carbocycles. The van der Waals surface area contributed by atoms with Crippen LogP contribution in [0.2, 0.25) is 0 Å². The number of aromatic nitrogens is 2. The van der Waals surface area contributed by atoms with Gasteiger partial charge in [-0.3, -0.25) is 4.79 Å². The predicted octanol–water partition coefficient (Wildman–Crippen LogP) is 3.80.